The molecule has 0 aliphatic carbocycles. The Kier molecular flexibility index (Phi) is 4.14. The lowest BCUT2D eigenvalue weighted by molar-refractivity contribution is -0.126. The van der Waals surface area contributed by atoms with Gasteiger partial charge in [-0.2, -0.15) is 0 Å². The first-order valence-electron chi connectivity index (χ1n) is 5.78. The number of carbonyl (C=O) groups is 1. The van der Waals surface area contributed by atoms with E-state index in [4.69, 9.17) is 0 Å². The van der Waals surface area contributed by atoms with Crippen molar-refractivity contribution in [2.45, 2.75) is 33.6 Å². The van der Waals surface area contributed by atoms with Gasteiger partial charge in [0.15, 0.2) is 0 Å². The average molecular weight is 219 g/mol. The van der Waals surface area contributed by atoms with Crippen molar-refractivity contribution >= 4 is 5.91 Å². The molecule has 1 heterocycles. The zero-order valence-electron chi connectivity index (χ0n) is 10.5. The maximum Gasteiger partial charge on any atom is 0.246 e. The molecule has 1 aliphatic rings. The summed E-state index contributed by atoms with van der Waals surface area (Å²) in [6.07, 6.45) is 5.49. The van der Waals surface area contributed by atoms with Gasteiger partial charge in [0.05, 0.1) is 0 Å². The summed E-state index contributed by atoms with van der Waals surface area (Å²) in [5.41, 5.74) is 4.24. The van der Waals surface area contributed by atoms with Crippen LogP contribution in [0.25, 0.3) is 0 Å². The predicted molar refractivity (Wildman–Crippen MR) is 67.1 cm³/mol. The normalized spacial score (nSPS) is 17.7. The summed E-state index contributed by atoms with van der Waals surface area (Å²) in [4.78, 5) is 13.7. The first kappa shape index (κ1) is 12.8. The Balaban J connectivity index is 2.51. The van der Waals surface area contributed by atoms with Crippen molar-refractivity contribution in [2.24, 2.45) is 5.41 Å². The van der Waals surface area contributed by atoms with Crippen molar-refractivity contribution in [3.63, 3.8) is 0 Å². The van der Waals surface area contributed by atoms with E-state index >= 15 is 0 Å². The van der Waals surface area contributed by atoms with Gasteiger partial charge in [0.2, 0.25) is 5.91 Å². The van der Waals surface area contributed by atoms with E-state index in [0.29, 0.717) is 0 Å². The lowest BCUT2D eigenvalue weighted by Crippen LogP contribution is -2.35. The van der Waals surface area contributed by atoms with Crippen LogP contribution in [0.2, 0.25) is 0 Å². The molecule has 0 spiro atoms. The van der Waals surface area contributed by atoms with Gasteiger partial charge in [0, 0.05) is 13.1 Å². The lowest BCUT2D eigenvalue weighted by Gasteiger charge is -2.27. The number of piperidine rings is 1. The summed E-state index contributed by atoms with van der Waals surface area (Å²) in [5, 5.41) is 0. The van der Waals surface area contributed by atoms with Crippen molar-refractivity contribution in [3.8, 4) is 0 Å². The van der Waals surface area contributed by atoms with Gasteiger partial charge in [-0.25, -0.2) is 0 Å². The van der Waals surface area contributed by atoms with Crippen LogP contribution in [-0.2, 0) is 4.79 Å². The standard InChI is InChI=1S/C14H21NO/c1-5-12-7-10-15(11-8-12)13(16)6-9-14(2,3)4/h6,9H,1,7-8,10-11H2,2-4H3/b9-6-. The first-order chi connectivity index (χ1) is 7.42. The molecular weight excluding hydrogens is 198 g/mol. The Morgan fingerprint density at radius 2 is 1.94 bits per heavy atom. The minimum atomic E-state index is 0.0671. The molecule has 1 aliphatic heterocycles. The summed E-state index contributed by atoms with van der Waals surface area (Å²) >= 11 is 0. The molecule has 0 atom stereocenters. The van der Waals surface area contributed by atoms with Gasteiger partial charge in [0.1, 0.15) is 0 Å². The van der Waals surface area contributed by atoms with Crippen molar-refractivity contribution in [3.05, 3.63) is 30.0 Å². The number of allylic oxidation sites excluding steroid dienone is 1. The van der Waals surface area contributed by atoms with Gasteiger partial charge >= 0.3 is 0 Å². The molecule has 0 aromatic carbocycles. The third-order valence-electron chi connectivity index (χ3n) is 2.65. The molecule has 16 heavy (non-hydrogen) atoms. The van der Waals surface area contributed by atoms with E-state index in [1.165, 1.54) is 5.57 Å². The van der Waals surface area contributed by atoms with Crippen LogP contribution in [0.15, 0.2) is 30.0 Å². The molecule has 0 bridgehead atoms. The van der Waals surface area contributed by atoms with Gasteiger partial charge in [-0.3, -0.25) is 4.79 Å². The molecule has 0 radical (unpaired) electrons. The highest BCUT2D eigenvalue weighted by molar-refractivity contribution is 5.87. The van der Waals surface area contributed by atoms with E-state index in [1.54, 1.807) is 6.08 Å². The Morgan fingerprint density at radius 1 is 1.38 bits per heavy atom. The summed E-state index contributed by atoms with van der Waals surface area (Å²) in [5.74, 6) is 0.123. The van der Waals surface area contributed by atoms with Crippen LogP contribution in [-0.4, -0.2) is 23.9 Å². The van der Waals surface area contributed by atoms with Crippen molar-refractivity contribution in [1.82, 2.24) is 4.90 Å². The van der Waals surface area contributed by atoms with Gasteiger partial charge < -0.3 is 4.90 Å². The SMILES string of the molecule is C=C=C1CCN(C(=O)/C=C\C(C)(C)C)CC1. The van der Waals surface area contributed by atoms with Crippen LogP contribution in [0.3, 0.4) is 0 Å². The van der Waals surface area contributed by atoms with Crippen molar-refractivity contribution in [1.29, 1.82) is 0 Å². The van der Waals surface area contributed by atoms with E-state index in [2.05, 4.69) is 33.1 Å². The highest BCUT2D eigenvalue weighted by Crippen LogP contribution is 2.17. The molecule has 2 heteroatoms. The van der Waals surface area contributed by atoms with E-state index < -0.39 is 0 Å². The average Bonchev–Trinajstić information content (AvgIpc) is 2.25. The molecule has 1 fully saturated rings. The second-order valence-electron chi connectivity index (χ2n) is 5.30. The fourth-order valence-corrected chi connectivity index (χ4v) is 1.60. The molecule has 0 aromatic rings. The number of hydrogen-bond donors (Lipinski definition) is 0. The molecule has 0 saturated carbocycles. The number of nitrogens with zero attached hydrogens (tertiary/aromatic N) is 1. The zero-order valence-corrected chi connectivity index (χ0v) is 10.5. The lowest BCUT2D eigenvalue weighted by atomic mass is 9.96. The molecular formula is C14H21NO. The number of likely N-dealkylation sites (tertiary alicyclic amines) is 1. The highest BCUT2D eigenvalue weighted by Gasteiger charge is 2.17. The van der Waals surface area contributed by atoms with E-state index in [9.17, 15) is 4.79 Å². The number of amides is 1. The van der Waals surface area contributed by atoms with Crippen molar-refractivity contribution in [2.75, 3.05) is 13.1 Å². The van der Waals surface area contributed by atoms with Crippen molar-refractivity contribution < 1.29 is 4.79 Å². The zero-order chi connectivity index (χ0) is 12.2. The first-order valence-corrected chi connectivity index (χ1v) is 5.78. The van der Waals surface area contributed by atoms with Crippen LogP contribution < -0.4 is 0 Å². The van der Waals surface area contributed by atoms with Crippen LogP contribution in [0, 0.1) is 5.41 Å². The Labute approximate surface area is 98.3 Å². The maximum atomic E-state index is 11.8. The topological polar surface area (TPSA) is 20.3 Å². The van der Waals surface area contributed by atoms with E-state index in [0.717, 1.165) is 25.9 Å². The minimum absolute atomic E-state index is 0.0671. The molecule has 1 saturated heterocycles. The number of hydrogen-bond acceptors (Lipinski definition) is 1. The molecule has 1 amide bonds. The number of rotatable bonds is 1. The largest absolute Gasteiger partial charge is 0.338 e. The van der Waals surface area contributed by atoms with E-state index in [-0.39, 0.29) is 11.3 Å². The van der Waals surface area contributed by atoms with Gasteiger partial charge in [-0.1, -0.05) is 33.4 Å². The third-order valence-corrected chi connectivity index (χ3v) is 2.65. The fraction of sp³-hybridized carbons (Fsp3) is 0.571. The fourth-order valence-electron chi connectivity index (χ4n) is 1.60. The number of carbonyl (C=O) groups excluding carboxylic acids is 1. The minimum Gasteiger partial charge on any atom is -0.338 e. The molecule has 0 N–H and O–H groups in total. The molecule has 0 aromatic heterocycles. The second-order valence-corrected chi connectivity index (χ2v) is 5.30. The Bertz CT molecular complexity index is 330. The summed E-state index contributed by atoms with van der Waals surface area (Å²) in [7, 11) is 0. The predicted octanol–water partition coefficient (Wildman–Crippen LogP) is 2.92. The maximum absolute atomic E-state index is 11.8. The van der Waals surface area contributed by atoms with Crippen LogP contribution >= 0.6 is 0 Å². The summed E-state index contributed by atoms with van der Waals surface area (Å²) in [6.45, 7) is 11.5. The molecule has 88 valence electrons. The monoisotopic (exact) mass is 219 g/mol. The molecule has 2 nitrogen and oxygen atoms in total. The highest BCUT2D eigenvalue weighted by atomic mass is 16.2. The van der Waals surface area contributed by atoms with Gasteiger partial charge in [-0.15, -0.1) is 5.73 Å². The third kappa shape index (κ3) is 4.08. The van der Waals surface area contributed by atoms with Gasteiger partial charge in [0.25, 0.3) is 0 Å². The molecule has 1 rings (SSSR count). The molecule has 0 unspecified atom stereocenters. The second kappa shape index (κ2) is 5.18. The van der Waals surface area contributed by atoms with E-state index in [1.807, 2.05) is 11.0 Å². The Morgan fingerprint density at radius 3 is 2.38 bits per heavy atom. The Hall–Kier alpha value is -1.27. The van der Waals surface area contributed by atoms with Crippen LogP contribution in [0.4, 0.5) is 0 Å². The van der Waals surface area contributed by atoms with Crippen LogP contribution in [0.5, 0.6) is 0 Å². The summed E-state index contributed by atoms with van der Waals surface area (Å²) < 4.78 is 0. The smallest absolute Gasteiger partial charge is 0.246 e. The van der Waals surface area contributed by atoms with Gasteiger partial charge in [-0.05, 0) is 29.9 Å². The summed E-state index contributed by atoms with van der Waals surface area (Å²) in [6, 6.07) is 0. The van der Waals surface area contributed by atoms with Crippen LogP contribution in [0.1, 0.15) is 33.6 Å². The quantitative estimate of drug-likeness (QED) is 0.490.